The molecule has 0 fully saturated rings. The van der Waals surface area contributed by atoms with E-state index in [2.05, 4.69) is 0 Å². The number of aryl methyl sites for hydroxylation is 2. The SMILES string of the molecule is Cc1ccc(-c2ccc(C)c(O)c2O)cc1. The van der Waals surface area contributed by atoms with Crippen LogP contribution in [0.15, 0.2) is 36.4 Å². The summed E-state index contributed by atoms with van der Waals surface area (Å²) in [5.74, 6) is -0.0954. The lowest BCUT2D eigenvalue weighted by atomic mass is 10.0. The monoisotopic (exact) mass is 214 g/mol. The number of rotatable bonds is 1. The second-order valence-corrected chi connectivity index (χ2v) is 3.99. The van der Waals surface area contributed by atoms with Crippen molar-refractivity contribution in [3.63, 3.8) is 0 Å². The van der Waals surface area contributed by atoms with Crippen LogP contribution in [0.3, 0.4) is 0 Å². The third kappa shape index (κ3) is 1.74. The molecule has 0 heterocycles. The molecule has 2 aromatic carbocycles. The second-order valence-electron chi connectivity index (χ2n) is 3.99. The summed E-state index contributed by atoms with van der Waals surface area (Å²) in [5.41, 5.74) is 3.40. The number of hydrogen-bond donors (Lipinski definition) is 2. The van der Waals surface area contributed by atoms with Gasteiger partial charge in [-0.3, -0.25) is 0 Å². The Hall–Kier alpha value is -1.96. The Morgan fingerprint density at radius 2 is 1.38 bits per heavy atom. The van der Waals surface area contributed by atoms with Gasteiger partial charge in [0.05, 0.1) is 0 Å². The highest BCUT2D eigenvalue weighted by molar-refractivity contribution is 5.74. The smallest absolute Gasteiger partial charge is 0.165 e. The van der Waals surface area contributed by atoms with Gasteiger partial charge in [-0.15, -0.1) is 0 Å². The van der Waals surface area contributed by atoms with Crippen LogP contribution in [0.1, 0.15) is 11.1 Å². The van der Waals surface area contributed by atoms with Crippen LogP contribution in [-0.2, 0) is 0 Å². The van der Waals surface area contributed by atoms with Gasteiger partial charge in [0, 0.05) is 5.56 Å². The van der Waals surface area contributed by atoms with E-state index in [1.165, 1.54) is 5.56 Å². The Labute approximate surface area is 94.8 Å². The van der Waals surface area contributed by atoms with Crippen LogP contribution in [0, 0.1) is 13.8 Å². The third-order valence-electron chi connectivity index (χ3n) is 2.72. The normalized spacial score (nSPS) is 10.4. The van der Waals surface area contributed by atoms with Crippen molar-refractivity contribution in [2.24, 2.45) is 0 Å². The van der Waals surface area contributed by atoms with E-state index in [1.54, 1.807) is 13.0 Å². The fraction of sp³-hybridized carbons (Fsp3) is 0.143. The van der Waals surface area contributed by atoms with E-state index in [1.807, 2.05) is 37.3 Å². The van der Waals surface area contributed by atoms with Gasteiger partial charge in [-0.25, -0.2) is 0 Å². The maximum Gasteiger partial charge on any atom is 0.165 e. The van der Waals surface area contributed by atoms with E-state index < -0.39 is 0 Å². The molecule has 2 N–H and O–H groups in total. The molecule has 0 saturated heterocycles. The molecule has 16 heavy (non-hydrogen) atoms. The average Bonchev–Trinajstić information content (AvgIpc) is 2.28. The van der Waals surface area contributed by atoms with Crippen LogP contribution >= 0.6 is 0 Å². The first-order valence-electron chi connectivity index (χ1n) is 5.18. The molecule has 2 heteroatoms. The number of benzene rings is 2. The van der Waals surface area contributed by atoms with E-state index in [0.717, 1.165) is 5.56 Å². The Morgan fingerprint density at radius 3 is 2.00 bits per heavy atom. The van der Waals surface area contributed by atoms with Crippen LogP contribution in [0.2, 0.25) is 0 Å². The Balaban J connectivity index is 2.57. The van der Waals surface area contributed by atoms with E-state index in [-0.39, 0.29) is 11.5 Å². The van der Waals surface area contributed by atoms with Crippen molar-refractivity contribution in [3.8, 4) is 22.6 Å². The summed E-state index contributed by atoms with van der Waals surface area (Å²) in [6.07, 6.45) is 0. The Bertz CT molecular complexity index is 513. The van der Waals surface area contributed by atoms with Crippen molar-refractivity contribution in [3.05, 3.63) is 47.5 Å². The highest BCUT2D eigenvalue weighted by atomic mass is 16.3. The van der Waals surface area contributed by atoms with Gasteiger partial charge in [0.1, 0.15) is 0 Å². The standard InChI is InChI=1S/C14H14O2/c1-9-3-6-11(7-4-9)12-8-5-10(2)13(15)14(12)16/h3-8,15-16H,1-2H3. The zero-order valence-corrected chi connectivity index (χ0v) is 9.36. The van der Waals surface area contributed by atoms with E-state index in [0.29, 0.717) is 11.1 Å². The summed E-state index contributed by atoms with van der Waals surface area (Å²) >= 11 is 0. The first kappa shape index (κ1) is 10.6. The van der Waals surface area contributed by atoms with Gasteiger partial charge in [0.2, 0.25) is 0 Å². The quantitative estimate of drug-likeness (QED) is 0.714. The Morgan fingerprint density at radius 1 is 0.750 bits per heavy atom. The van der Waals surface area contributed by atoms with Crippen molar-refractivity contribution in [1.29, 1.82) is 0 Å². The average molecular weight is 214 g/mol. The molecule has 0 radical (unpaired) electrons. The third-order valence-corrected chi connectivity index (χ3v) is 2.72. The van der Waals surface area contributed by atoms with Gasteiger partial charge in [0.25, 0.3) is 0 Å². The van der Waals surface area contributed by atoms with Gasteiger partial charge >= 0.3 is 0 Å². The molecule has 0 aliphatic carbocycles. The summed E-state index contributed by atoms with van der Waals surface area (Å²) in [5, 5.41) is 19.5. The topological polar surface area (TPSA) is 40.5 Å². The predicted octanol–water partition coefficient (Wildman–Crippen LogP) is 3.38. The van der Waals surface area contributed by atoms with Crippen molar-refractivity contribution < 1.29 is 10.2 Å². The first-order valence-corrected chi connectivity index (χ1v) is 5.18. The van der Waals surface area contributed by atoms with Gasteiger partial charge < -0.3 is 10.2 Å². The Kier molecular flexibility index (Phi) is 2.57. The molecular weight excluding hydrogens is 200 g/mol. The zero-order valence-electron chi connectivity index (χ0n) is 9.36. The van der Waals surface area contributed by atoms with Crippen LogP contribution < -0.4 is 0 Å². The van der Waals surface area contributed by atoms with Crippen molar-refractivity contribution >= 4 is 0 Å². The lowest BCUT2D eigenvalue weighted by Gasteiger charge is -2.08. The van der Waals surface area contributed by atoms with Gasteiger partial charge in [-0.05, 0) is 25.0 Å². The highest BCUT2D eigenvalue weighted by Crippen LogP contribution is 2.38. The van der Waals surface area contributed by atoms with Crippen LogP contribution in [-0.4, -0.2) is 10.2 Å². The lowest BCUT2D eigenvalue weighted by Crippen LogP contribution is -1.83. The highest BCUT2D eigenvalue weighted by Gasteiger charge is 2.10. The maximum atomic E-state index is 9.85. The van der Waals surface area contributed by atoms with Gasteiger partial charge in [-0.2, -0.15) is 0 Å². The summed E-state index contributed by atoms with van der Waals surface area (Å²) in [4.78, 5) is 0. The summed E-state index contributed by atoms with van der Waals surface area (Å²) < 4.78 is 0. The lowest BCUT2D eigenvalue weighted by molar-refractivity contribution is 0.402. The molecule has 0 aromatic heterocycles. The molecule has 2 nitrogen and oxygen atoms in total. The van der Waals surface area contributed by atoms with Crippen molar-refractivity contribution in [2.45, 2.75) is 13.8 Å². The molecule has 0 aliphatic heterocycles. The molecule has 82 valence electrons. The summed E-state index contributed by atoms with van der Waals surface area (Å²) in [6.45, 7) is 3.77. The summed E-state index contributed by atoms with van der Waals surface area (Å²) in [7, 11) is 0. The van der Waals surface area contributed by atoms with Crippen LogP contribution in [0.25, 0.3) is 11.1 Å². The van der Waals surface area contributed by atoms with Gasteiger partial charge in [0.15, 0.2) is 11.5 Å². The minimum absolute atomic E-state index is 0.0434. The van der Waals surface area contributed by atoms with Crippen LogP contribution in [0.5, 0.6) is 11.5 Å². The first-order chi connectivity index (χ1) is 7.59. The predicted molar refractivity (Wildman–Crippen MR) is 64.7 cm³/mol. The number of phenols is 2. The van der Waals surface area contributed by atoms with E-state index in [4.69, 9.17) is 0 Å². The van der Waals surface area contributed by atoms with E-state index in [9.17, 15) is 10.2 Å². The number of phenolic OH excluding ortho intramolecular Hbond substituents is 2. The maximum absolute atomic E-state index is 9.85. The summed E-state index contributed by atoms with van der Waals surface area (Å²) in [6, 6.07) is 11.4. The molecule has 2 rings (SSSR count). The molecule has 0 aliphatic rings. The minimum atomic E-state index is -0.0520. The van der Waals surface area contributed by atoms with Crippen molar-refractivity contribution in [1.82, 2.24) is 0 Å². The molecule has 2 aromatic rings. The largest absolute Gasteiger partial charge is 0.504 e. The molecule has 0 atom stereocenters. The fourth-order valence-corrected chi connectivity index (χ4v) is 1.65. The minimum Gasteiger partial charge on any atom is -0.504 e. The molecule has 0 bridgehead atoms. The van der Waals surface area contributed by atoms with Gasteiger partial charge in [-0.1, -0.05) is 42.0 Å². The van der Waals surface area contributed by atoms with E-state index >= 15 is 0 Å². The zero-order chi connectivity index (χ0) is 11.7. The number of aromatic hydroxyl groups is 2. The second kappa shape index (κ2) is 3.89. The molecule has 0 unspecified atom stereocenters. The fourth-order valence-electron chi connectivity index (χ4n) is 1.65. The number of hydrogen-bond acceptors (Lipinski definition) is 2. The molecular formula is C14H14O2. The van der Waals surface area contributed by atoms with Crippen LogP contribution in [0.4, 0.5) is 0 Å². The molecule has 0 spiro atoms. The van der Waals surface area contributed by atoms with Crippen molar-refractivity contribution in [2.75, 3.05) is 0 Å². The molecule has 0 amide bonds. The molecule has 0 saturated carbocycles.